The number of ketones is 1. The number of furan rings is 1. The zero-order valence-electron chi connectivity index (χ0n) is 14.9. The standard InChI is InChI=1S/C24H20AsO2/c26-23(24-17-10-18-27-24)19-25(20-11-4-1-5-12-20,21-13-6-2-7-14-21)22-15-8-3-9-16-22/h1-18H,19H2/q+1. The molecule has 0 atom stereocenters. The summed E-state index contributed by atoms with van der Waals surface area (Å²) in [5.41, 5.74) is 0. The van der Waals surface area contributed by atoms with E-state index in [9.17, 15) is 4.79 Å². The SMILES string of the molecule is O=C(C[As+](c1ccccc1)(c1ccccc1)c1ccccc1)c1ccco1. The van der Waals surface area contributed by atoms with E-state index in [4.69, 9.17) is 4.42 Å². The molecule has 3 heteroatoms. The van der Waals surface area contributed by atoms with E-state index in [2.05, 4.69) is 72.8 Å². The molecule has 27 heavy (non-hydrogen) atoms. The molecule has 0 bridgehead atoms. The fourth-order valence-corrected chi connectivity index (χ4v) is 12.0. The molecule has 3 aromatic carbocycles. The van der Waals surface area contributed by atoms with Crippen LogP contribution < -0.4 is 13.1 Å². The molecular weight excluding hydrogens is 395 g/mol. The third-order valence-corrected chi connectivity index (χ3v) is 13.8. The van der Waals surface area contributed by atoms with Gasteiger partial charge in [-0.2, -0.15) is 0 Å². The van der Waals surface area contributed by atoms with E-state index < -0.39 is 13.6 Å². The maximum atomic E-state index is 13.2. The van der Waals surface area contributed by atoms with Gasteiger partial charge in [-0.3, -0.25) is 0 Å². The molecule has 0 N–H and O–H groups in total. The van der Waals surface area contributed by atoms with Crippen molar-refractivity contribution in [1.82, 2.24) is 0 Å². The number of hydrogen-bond donors (Lipinski definition) is 0. The van der Waals surface area contributed by atoms with Crippen LogP contribution in [0.25, 0.3) is 0 Å². The van der Waals surface area contributed by atoms with E-state index in [-0.39, 0.29) is 5.78 Å². The van der Waals surface area contributed by atoms with Crippen LogP contribution in [0.2, 0.25) is 5.21 Å². The summed E-state index contributed by atoms with van der Waals surface area (Å²) in [7, 11) is 0. The van der Waals surface area contributed by atoms with Gasteiger partial charge in [0.2, 0.25) is 0 Å². The second-order valence-corrected chi connectivity index (χ2v) is 13.7. The predicted molar refractivity (Wildman–Crippen MR) is 112 cm³/mol. The zero-order chi connectivity index (χ0) is 18.5. The molecule has 1 heterocycles. The van der Waals surface area contributed by atoms with E-state index >= 15 is 0 Å². The Bertz CT molecular complexity index is 898. The van der Waals surface area contributed by atoms with Gasteiger partial charge in [0, 0.05) is 0 Å². The summed E-state index contributed by atoms with van der Waals surface area (Å²) in [4.78, 5) is 13.2. The van der Waals surface area contributed by atoms with E-state index in [1.807, 2.05) is 18.2 Å². The summed E-state index contributed by atoms with van der Waals surface area (Å²) in [5.74, 6) is 0.493. The Hall–Kier alpha value is -2.83. The van der Waals surface area contributed by atoms with Crippen molar-refractivity contribution in [2.75, 3.05) is 0 Å². The van der Waals surface area contributed by atoms with Crippen LogP contribution in [0.3, 0.4) is 0 Å². The van der Waals surface area contributed by atoms with Gasteiger partial charge in [-0.15, -0.1) is 0 Å². The summed E-state index contributed by atoms with van der Waals surface area (Å²) in [6.45, 7) is 0. The number of rotatable bonds is 6. The summed E-state index contributed by atoms with van der Waals surface area (Å²) >= 11 is -3.02. The van der Waals surface area contributed by atoms with Crippen LogP contribution in [0.15, 0.2) is 114 Å². The Morgan fingerprint density at radius 3 is 1.44 bits per heavy atom. The number of carbonyl (C=O) groups is 1. The van der Waals surface area contributed by atoms with Crippen molar-refractivity contribution >= 4 is 32.4 Å². The molecule has 0 saturated carbocycles. The number of Topliss-reactive ketones (excluding diaryl/α,β-unsaturated/α-hetero) is 1. The van der Waals surface area contributed by atoms with E-state index in [0.717, 1.165) is 0 Å². The molecule has 0 aliphatic heterocycles. The molecule has 0 spiro atoms. The van der Waals surface area contributed by atoms with Gasteiger partial charge in [0.1, 0.15) is 0 Å². The van der Waals surface area contributed by atoms with Gasteiger partial charge in [0.05, 0.1) is 0 Å². The van der Waals surface area contributed by atoms with E-state index in [1.54, 1.807) is 18.4 Å². The van der Waals surface area contributed by atoms with Crippen molar-refractivity contribution < 1.29 is 9.21 Å². The zero-order valence-corrected chi connectivity index (χ0v) is 16.7. The molecule has 4 aromatic rings. The van der Waals surface area contributed by atoms with E-state index in [1.165, 1.54) is 13.1 Å². The first-order chi connectivity index (χ1) is 13.3. The van der Waals surface area contributed by atoms with Gasteiger partial charge >= 0.3 is 162 Å². The molecule has 2 nitrogen and oxygen atoms in total. The molecule has 0 amide bonds. The number of carbonyl (C=O) groups excluding carboxylic acids is 1. The Morgan fingerprint density at radius 1 is 0.630 bits per heavy atom. The first-order valence-corrected chi connectivity index (χ1v) is 13.1. The normalized spacial score (nSPS) is 11.3. The monoisotopic (exact) mass is 415 g/mol. The molecule has 132 valence electrons. The third-order valence-electron chi connectivity index (χ3n) is 4.77. The quantitative estimate of drug-likeness (QED) is 0.356. The van der Waals surface area contributed by atoms with Crippen molar-refractivity contribution in [1.29, 1.82) is 0 Å². The fourth-order valence-electron chi connectivity index (χ4n) is 3.50. The predicted octanol–water partition coefficient (Wildman–Crippen LogP) is 3.63. The van der Waals surface area contributed by atoms with Crippen molar-refractivity contribution in [3.05, 3.63) is 115 Å². The van der Waals surface area contributed by atoms with Crippen molar-refractivity contribution in [3.8, 4) is 0 Å². The van der Waals surface area contributed by atoms with Crippen LogP contribution >= 0.6 is 0 Å². The first kappa shape index (κ1) is 17.6. The molecular formula is C24H20AsO2+. The minimum absolute atomic E-state index is 0.0593. The van der Waals surface area contributed by atoms with Crippen LogP contribution in [-0.4, -0.2) is 19.3 Å². The summed E-state index contributed by atoms with van der Waals surface area (Å²) in [6.07, 6.45) is 1.56. The van der Waals surface area contributed by atoms with Crippen LogP contribution in [0.1, 0.15) is 10.6 Å². The van der Waals surface area contributed by atoms with Gasteiger partial charge in [0.25, 0.3) is 0 Å². The van der Waals surface area contributed by atoms with Crippen molar-refractivity contribution in [2.24, 2.45) is 0 Å². The van der Waals surface area contributed by atoms with Gasteiger partial charge in [-0.25, -0.2) is 0 Å². The van der Waals surface area contributed by atoms with Crippen molar-refractivity contribution in [2.45, 2.75) is 5.21 Å². The molecule has 0 aliphatic rings. The molecule has 4 rings (SSSR count). The average Bonchev–Trinajstić information content (AvgIpc) is 3.29. The van der Waals surface area contributed by atoms with Gasteiger partial charge < -0.3 is 0 Å². The number of benzene rings is 3. The molecule has 0 unspecified atom stereocenters. The topological polar surface area (TPSA) is 30.2 Å². The molecule has 0 aliphatic carbocycles. The summed E-state index contributed by atoms with van der Waals surface area (Å²) < 4.78 is 9.20. The first-order valence-electron chi connectivity index (χ1n) is 8.92. The van der Waals surface area contributed by atoms with Crippen LogP contribution in [0.4, 0.5) is 0 Å². The minimum atomic E-state index is -3.02. The Kier molecular flexibility index (Phi) is 5.09. The maximum absolute atomic E-state index is 13.2. The van der Waals surface area contributed by atoms with Crippen molar-refractivity contribution in [3.63, 3.8) is 0 Å². The van der Waals surface area contributed by atoms with Crippen LogP contribution in [0, 0.1) is 0 Å². The molecule has 0 fully saturated rings. The van der Waals surface area contributed by atoms with Gasteiger partial charge in [-0.05, 0) is 0 Å². The van der Waals surface area contributed by atoms with Gasteiger partial charge in [-0.1, -0.05) is 0 Å². The Labute approximate surface area is 161 Å². The van der Waals surface area contributed by atoms with Crippen LogP contribution in [-0.2, 0) is 0 Å². The Balaban J connectivity index is 1.96. The van der Waals surface area contributed by atoms with Crippen LogP contribution in [0.5, 0.6) is 0 Å². The van der Waals surface area contributed by atoms with Gasteiger partial charge in [0.15, 0.2) is 0 Å². The summed E-state index contributed by atoms with van der Waals surface area (Å²) in [6, 6.07) is 35.0. The summed E-state index contributed by atoms with van der Waals surface area (Å²) in [5, 5.41) is 0.462. The Morgan fingerprint density at radius 2 is 1.07 bits per heavy atom. The molecule has 1 aromatic heterocycles. The average molecular weight is 415 g/mol. The van der Waals surface area contributed by atoms with E-state index in [0.29, 0.717) is 11.0 Å². The fraction of sp³-hybridized carbons (Fsp3) is 0.0417. The third kappa shape index (κ3) is 3.41. The molecule has 0 radical (unpaired) electrons. The molecule has 0 saturated heterocycles. The second-order valence-electron chi connectivity index (χ2n) is 6.37. The second kappa shape index (κ2) is 7.82. The number of hydrogen-bond acceptors (Lipinski definition) is 2.